The lowest BCUT2D eigenvalue weighted by Gasteiger charge is -2.64. The van der Waals surface area contributed by atoms with E-state index in [4.69, 9.17) is 0 Å². The Hall–Kier alpha value is -1.48. The number of carbonyl (C=O) groups is 2. The van der Waals surface area contributed by atoms with E-state index >= 15 is 8.78 Å². The number of alkyl halides is 2. The zero-order chi connectivity index (χ0) is 24.6. The van der Waals surface area contributed by atoms with Crippen molar-refractivity contribution in [3.63, 3.8) is 0 Å². The smallest absolute Gasteiger partial charge is 0.178 e. The van der Waals surface area contributed by atoms with E-state index in [0.29, 0.717) is 6.42 Å². The Bertz CT molecular complexity index is 930. The first kappa shape index (κ1) is 24.6. The fourth-order valence-electron chi connectivity index (χ4n) is 8.27. The van der Waals surface area contributed by atoms with Crippen LogP contribution in [0.3, 0.4) is 0 Å². The van der Waals surface area contributed by atoms with Crippen molar-refractivity contribution in [1.29, 1.82) is 0 Å². The Morgan fingerprint density at radius 3 is 2.55 bits per heavy atom. The fourth-order valence-corrected chi connectivity index (χ4v) is 8.27. The molecule has 184 valence electrons. The maximum absolute atomic E-state index is 17.1. The highest BCUT2D eigenvalue weighted by Gasteiger charge is 2.78. The van der Waals surface area contributed by atoms with E-state index in [2.05, 4.69) is 0 Å². The zero-order valence-electron chi connectivity index (χ0n) is 19.4. The number of hydrogen-bond acceptors (Lipinski definition) is 6. The molecule has 0 bridgehead atoms. The van der Waals surface area contributed by atoms with Gasteiger partial charge in [-0.25, -0.2) is 8.78 Å². The molecule has 0 radical (unpaired) electrons. The van der Waals surface area contributed by atoms with E-state index in [1.165, 1.54) is 19.1 Å². The summed E-state index contributed by atoms with van der Waals surface area (Å²) in [4.78, 5) is 25.1. The highest BCUT2D eigenvalue weighted by Crippen LogP contribution is 2.73. The molecule has 4 rings (SSSR count). The molecular weight excluding hydrogens is 434 g/mol. The predicted molar refractivity (Wildman–Crippen MR) is 115 cm³/mol. The van der Waals surface area contributed by atoms with Gasteiger partial charge in [-0.3, -0.25) is 9.59 Å². The van der Waals surface area contributed by atoms with Crippen molar-refractivity contribution >= 4 is 11.6 Å². The van der Waals surface area contributed by atoms with Gasteiger partial charge in [-0.05, 0) is 61.7 Å². The molecule has 4 aliphatic carbocycles. The topological polar surface area (TPSA) is 115 Å². The summed E-state index contributed by atoms with van der Waals surface area (Å²) in [5.74, 6) is -5.32. The van der Waals surface area contributed by atoms with E-state index in [1.807, 2.05) is 0 Å². The largest absolute Gasteiger partial charge is 0.390 e. The first-order valence-electron chi connectivity index (χ1n) is 11.8. The van der Waals surface area contributed by atoms with Crippen molar-refractivity contribution in [3.05, 3.63) is 23.8 Å². The summed E-state index contributed by atoms with van der Waals surface area (Å²) in [7, 11) is 0. The SMILES string of the molecule is CCCC(O)(O)[C@]1(C(=O)CO)CC[C@H]2[C@@H]3CC(F)C4=CC(=O)C=C[C@]4(C)[C@@]3(F)C(O)C[C@@]21C. The van der Waals surface area contributed by atoms with Gasteiger partial charge in [0.15, 0.2) is 23.0 Å². The normalized spacial score (nSPS) is 46.9. The molecule has 4 aliphatic rings. The van der Waals surface area contributed by atoms with Crippen molar-refractivity contribution in [1.82, 2.24) is 0 Å². The van der Waals surface area contributed by atoms with Crippen LogP contribution >= 0.6 is 0 Å². The minimum Gasteiger partial charge on any atom is -0.390 e. The number of carbonyl (C=O) groups excluding carboxylic acids is 2. The molecule has 0 aliphatic heterocycles. The fraction of sp³-hybridized carbons (Fsp3) is 0.760. The van der Waals surface area contributed by atoms with Gasteiger partial charge in [-0.1, -0.05) is 26.3 Å². The van der Waals surface area contributed by atoms with Gasteiger partial charge in [0.05, 0.1) is 11.5 Å². The number of aliphatic hydroxyl groups is 4. The number of rotatable bonds is 5. The number of halogens is 2. The Kier molecular flexibility index (Phi) is 5.61. The molecule has 4 N–H and O–H groups in total. The summed E-state index contributed by atoms with van der Waals surface area (Å²) in [6, 6.07) is 0. The van der Waals surface area contributed by atoms with Crippen LogP contribution in [0.15, 0.2) is 23.8 Å². The van der Waals surface area contributed by atoms with Gasteiger partial charge in [0, 0.05) is 17.8 Å². The van der Waals surface area contributed by atoms with Gasteiger partial charge in [-0.2, -0.15) is 0 Å². The van der Waals surface area contributed by atoms with Gasteiger partial charge in [0.1, 0.15) is 12.8 Å². The summed E-state index contributed by atoms with van der Waals surface area (Å²) < 4.78 is 32.6. The first-order chi connectivity index (χ1) is 15.3. The Morgan fingerprint density at radius 1 is 1.27 bits per heavy atom. The second-order valence-electron chi connectivity index (χ2n) is 11.0. The van der Waals surface area contributed by atoms with E-state index in [0.717, 1.165) is 6.08 Å². The Labute approximate surface area is 192 Å². The molecule has 8 heteroatoms. The minimum absolute atomic E-state index is 0.00938. The maximum Gasteiger partial charge on any atom is 0.178 e. The summed E-state index contributed by atoms with van der Waals surface area (Å²) in [5, 5.41) is 43.4. The molecule has 0 amide bonds. The van der Waals surface area contributed by atoms with Crippen LogP contribution in [-0.4, -0.2) is 62.3 Å². The number of hydrogen-bond donors (Lipinski definition) is 4. The van der Waals surface area contributed by atoms with Crippen LogP contribution < -0.4 is 0 Å². The van der Waals surface area contributed by atoms with Crippen molar-refractivity contribution in [2.24, 2.45) is 28.1 Å². The van der Waals surface area contributed by atoms with Gasteiger partial charge in [-0.15, -0.1) is 0 Å². The standard InChI is InChI=1S/C25H34F2O6/c1-4-7-24(32,33)23(20(31)13-28)9-6-15-16-11-18(26)17-10-14(29)5-8-21(17,2)25(16,27)19(30)12-22(15,23)3/h5,8,10,15-16,18-19,28,30,32-33H,4,6-7,9,11-13H2,1-3H3/t15-,16-,18?,19?,21-,22-,23-,25-/m0/s1. The van der Waals surface area contributed by atoms with Gasteiger partial charge in [0.2, 0.25) is 0 Å². The third kappa shape index (κ3) is 2.78. The Morgan fingerprint density at radius 2 is 1.94 bits per heavy atom. The van der Waals surface area contributed by atoms with Crippen LogP contribution in [0.2, 0.25) is 0 Å². The lowest BCUT2D eigenvalue weighted by molar-refractivity contribution is -0.289. The van der Waals surface area contributed by atoms with Crippen LogP contribution in [0.4, 0.5) is 8.78 Å². The molecule has 0 spiro atoms. The highest BCUT2D eigenvalue weighted by atomic mass is 19.1. The van der Waals surface area contributed by atoms with Crippen LogP contribution in [0.5, 0.6) is 0 Å². The molecule has 0 heterocycles. The van der Waals surface area contributed by atoms with Gasteiger partial charge >= 0.3 is 0 Å². The average Bonchev–Trinajstić information content (AvgIpc) is 3.05. The zero-order valence-corrected chi connectivity index (χ0v) is 19.4. The highest BCUT2D eigenvalue weighted by molar-refractivity contribution is 6.01. The number of allylic oxidation sites excluding steroid dienone is 4. The molecule has 2 unspecified atom stereocenters. The first-order valence-corrected chi connectivity index (χ1v) is 11.8. The molecule has 0 aromatic carbocycles. The number of fused-ring (bicyclic) bond motifs is 5. The molecule has 6 nitrogen and oxygen atoms in total. The van der Waals surface area contributed by atoms with Crippen molar-refractivity contribution in [3.8, 4) is 0 Å². The lowest BCUT2D eigenvalue weighted by atomic mass is 9.42. The molecule has 0 aromatic rings. The van der Waals surface area contributed by atoms with E-state index in [-0.39, 0.29) is 37.7 Å². The quantitative estimate of drug-likeness (QED) is 0.461. The lowest BCUT2D eigenvalue weighted by Crippen LogP contribution is -2.71. The third-order valence-electron chi connectivity index (χ3n) is 9.73. The van der Waals surface area contributed by atoms with E-state index < -0.39 is 70.0 Å². The summed E-state index contributed by atoms with van der Waals surface area (Å²) in [5.41, 5.74) is -6.94. The van der Waals surface area contributed by atoms with Crippen LogP contribution in [-0.2, 0) is 9.59 Å². The Balaban J connectivity index is 1.88. The molecular formula is C25H34F2O6. The number of aliphatic hydroxyl groups excluding tert-OH is 2. The summed E-state index contributed by atoms with van der Waals surface area (Å²) in [6.45, 7) is 3.94. The summed E-state index contributed by atoms with van der Waals surface area (Å²) >= 11 is 0. The second-order valence-corrected chi connectivity index (χ2v) is 11.0. The molecule has 0 saturated heterocycles. The summed E-state index contributed by atoms with van der Waals surface area (Å²) in [6.07, 6.45) is 0.287. The van der Waals surface area contributed by atoms with Crippen molar-refractivity contribution < 1.29 is 38.8 Å². The monoisotopic (exact) mass is 468 g/mol. The van der Waals surface area contributed by atoms with Gasteiger partial charge < -0.3 is 20.4 Å². The number of ketones is 2. The molecule has 8 atom stereocenters. The van der Waals surface area contributed by atoms with Crippen LogP contribution in [0.25, 0.3) is 0 Å². The number of Topliss-reactive ketones (excluding diaryl/α,β-unsaturated/α-hetero) is 1. The van der Waals surface area contributed by atoms with Crippen LogP contribution in [0.1, 0.15) is 59.3 Å². The predicted octanol–water partition coefficient (Wildman–Crippen LogP) is 2.33. The average molecular weight is 469 g/mol. The van der Waals surface area contributed by atoms with E-state index in [1.54, 1.807) is 13.8 Å². The van der Waals surface area contributed by atoms with Gasteiger partial charge in [0.25, 0.3) is 0 Å². The second kappa shape index (κ2) is 7.51. The minimum atomic E-state index is -2.48. The van der Waals surface area contributed by atoms with Crippen molar-refractivity contribution in [2.75, 3.05) is 6.61 Å². The molecule has 3 fully saturated rings. The van der Waals surface area contributed by atoms with Crippen LogP contribution in [0, 0.1) is 28.1 Å². The molecule has 33 heavy (non-hydrogen) atoms. The molecule has 0 aromatic heterocycles. The maximum atomic E-state index is 17.1. The molecule has 3 saturated carbocycles. The third-order valence-corrected chi connectivity index (χ3v) is 9.73. The van der Waals surface area contributed by atoms with E-state index in [9.17, 15) is 30.0 Å². The van der Waals surface area contributed by atoms with Crippen molar-refractivity contribution in [2.45, 2.75) is 83.0 Å².